The van der Waals surface area contributed by atoms with Crippen LogP contribution in [0.1, 0.15) is 49.1 Å². The van der Waals surface area contributed by atoms with Gasteiger partial charge in [0.15, 0.2) is 0 Å². The van der Waals surface area contributed by atoms with E-state index in [-0.39, 0.29) is 0 Å². The Morgan fingerprint density at radius 3 is 3.00 bits per heavy atom. The highest BCUT2D eigenvalue weighted by atomic mass is 32.1. The van der Waals surface area contributed by atoms with E-state index in [2.05, 4.69) is 30.6 Å². The van der Waals surface area contributed by atoms with Crippen molar-refractivity contribution in [3.63, 3.8) is 0 Å². The van der Waals surface area contributed by atoms with Gasteiger partial charge in [-0.2, -0.15) is 0 Å². The van der Waals surface area contributed by atoms with Crippen molar-refractivity contribution in [3.8, 4) is 0 Å². The molecule has 1 N–H and O–H groups in total. The maximum absolute atomic E-state index is 5.96. The fourth-order valence-electron chi connectivity index (χ4n) is 2.42. The molecule has 2 nitrogen and oxygen atoms in total. The van der Waals surface area contributed by atoms with Crippen LogP contribution in [0.4, 0.5) is 0 Å². The molecule has 2 rings (SSSR count). The first-order chi connectivity index (χ1) is 8.33. The molecule has 1 fully saturated rings. The van der Waals surface area contributed by atoms with E-state index in [0.717, 1.165) is 13.2 Å². The molecule has 2 heterocycles. The van der Waals surface area contributed by atoms with Crippen LogP contribution in [0.3, 0.4) is 0 Å². The molecule has 0 amide bonds. The fourth-order valence-corrected chi connectivity index (χ4v) is 3.48. The second-order valence-corrected chi connectivity index (χ2v) is 5.75. The van der Waals surface area contributed by atoms with Crippen LogP contribution in [0.15, 0.2) is 11.4 Å². The van der Waals surface area contributed by atoms with E-state index in [0.29, 0.717) is 12.1 Å². The lowest BCUT2D eigenvalue weighted by Crippen LogP contribution is -2.36. The van der Waals surface area contributed by atoms with Gasteiger partial charge in [0, 0.05) is 11.5 Å². The van der Waals surface area contributed by atoms with Gasteiger partial charge >= 0.3 is 0 Å². The van der Waals surface area contributed by atoms with Crippen LogP contribution in [-0.2, 0) is 4.74 Å². The first-order valence-corrected chi connectivity index (χ1v) is 7.60. The third kappa shape index (κ3) is 3.30. The van der Waals surface area contributed by atoms with Crippen LogP contribution in [0.25, 0.3) is 0 Å². The van der Waals surface area contributed by atoms with Gasteiger partial charge in [-0.15, -0.1) is 11.3 Å². The second kappa shape index (κ2) is 6.53. The third-order valence-corrected chi connectivity index (χ3v) is 4.49. The van der Waals surface area contributed by atoms with Gasteiger partial charge in [0.2, 0.25) is 0 Å². The number of aryl methyl sites for hydroxylation is 1. The first kappa shape index (κ1) is 13.1. The number of nitrogens with one attached hydrogen (secondary N) is 1. The summed E-state index contributed by atoms with van der Waals surface area (Å²) in [6.07, 6.45) is 5.26. The predicted octanol–water partition coefficient (Wildman–Crippen LogP) is 3.67. The molecular formula is C14H23NOS. The lowest BCUT2D eigenvalue weighted by Gasteiger charge is -2.31. The Hall–Kier alpha value is -0.380. The Kier molecular flexibility index (Phi) is 5.01. The Morgan fingerprint density at radius 2 is 2.41 bits per heavy atom. The fraction of sp³-hybridized carbons (Fsp3) is 0.714. The molecule has 0 spiro atoms. The monoisotopic (exact) mass is 253 g/mol. The molecular weight excluding hydrogens is 230 g/mol. The molecule has 17 heavy (non-hydrogen) atoms. The van der Waals surface area contributed by atoms with Crippen molar-refractivity contribution in [2.45, 2.75) is 51.7 Å². The highest BCUT2D eigenvalue weighted by Gasteiger charge is 2.27. The van der Waals surface area contributed by atoms with Crippen molar-refractivity contribution in [2.24, 2.45) is 0 Å². The topological polar surface area (TPSA) is 21.3 Å². The molecule has 1 aliphatic heterocycles. The summed E-state index contributed by atoms with van der Waals surface area (Å²) >= 11 is 1.86. The van der Waals surface area contributed by atoms with Crippen molar-refractivity contribution >= 4 is 11.3 Å². The summed E-state index contributed by atoms with van der Waals surface area (Å²) in [6, 6.07) is 2.61. The van der Waals surface area contributed by atoms with Crippen molar-refractivity contribution < 1.29 is 4.74 Å². The van der Waals surface area contributed by atoms with Gasteiger partial charge in [-0.1, -0.05) is 6.92 Å². The molecule has 1 aromatic heterocycles. The summed E-state index contributed by atoms with van der Waals surface area (Å²) in [5, 5.41) is 5.86. The molecule has 1 aromatic rings. The van der Waals surface area contributed by atoms with Crippen LogP contribution < -0.4 is 5.32 Å². The van der Waals surface area contributed by atoms with Crippen LogP contribution in [0.5, 0.6) is 0 Å². The van der Waals surface area contributed by atoms with Gasteiger partial charge in [0.25, 0.3) is 0 Å². The number of thiophene rings is 1. The quantitative estimate of drug-likeness (QED) is 0.864. The maximum Gasteiger partial charge on any atom is 0.0777 e. The zero-order valence-electron chi connectivity index (χ0n) is 10.9. The van der Waals surface area contributed by atoms with E-state index in [9.17, 15) is 0 Å². The first-order valence-electron chi connectivity index (χ1n) is 6.72. The molecule has 1 saturated heterocycles. The van der Waals surface area contributed by atoms with Gasteiger partial charge in [-0.05, 0) is 56.2 Å². The molecule has 0 bridgehead atoms. The zero-order chi connectivity index (χ0) is 12.1. The van der Waals surface area contributed by atoms with Crippen molar-refractivity contribution in [1.82, 2.24) is 5.32 Å². The summed E-state index contributed by atoms with van der Waals surface area (Å²) in [6.45, 7) is 6.42. The second-order valence-electron chi connectivity index (χ2n) is 4.80. The van der Waals surface area contributed by atoms with E-state index in [4.69, 9.17) is 4.74 Å². The minimum Gasteiger partial charge on any atom is -0.376 e. The van der Waals surface area contributed by atoms with Crippen LogP contribution in [0.2, 0.25) is 0 Å². The van der Waals surface area contributed by atoms with Gasteiger partial charge in [-0.25, -0.2) is 0 Å². The van der Waals surface area contributed by atoms with Crippen LogP contribution >= 0.6 is 11.3 Å². The molecule has 0 aliphatic carbocycles. The predicted molar refractivity (Wildman–Crippen MR) is 73.7 cm³/mol. The summed E-state index contributed by atoms with van der Waals surface area (Å²) in [4.78, 5) is 1.46. The minimum atomic E-state index is 0.368. The van der Waals surface area contributed by atoms with E-state index in [1.165, 1.54) is 36.1 Å². The van der Waals surface area contributed by atoms with Crippen molar-refractivity contribution in [2.75, 3.05) is 13.2 Å². The van der Waals surface area contributed by atoms with E-state index >= 15 is 0 Å². The van der Waals surface area contributed by atoms with Gasteiger partial charge < -0.3 is 10.1 Å². The number of ether oxygens (including phenoxy) is 1. The normalized spacial score (nSPS) is 22.6. The maximum atomic E-state index is 5.96. The largest absolute Gasteiger partial charge is 0.376 e. The van der Waals surface area contributed by atoms with E-state index in [1.807, 2.05) is 11.3 Å². The molecule has 96 valence electrons. The summed E-state index contributed by atoms with van der Waals surface area (Å²) < 4.78 is 5.96. The minimum absolute atomic E-state index is 0.368. The Labute approximate surface area is 108 Å². The SMILES string of the molecule is CCCNC(c1sccc1C)C1CCCCO1. The lowest BCUT2D eigenvalue weighted by molar-refractivity contribution is -0.00752. The van der Waals surface area contributed by atoms with Gasteiger partial charge in [-0.3, -0.25) is 0 Å². The van der Waals surface area contributed by atoms with Crippen LogP contribution in [-0.4, -0.2) is 19.3 Å². The average molecular weight is 253 g/mol. The third-order valence-electron chi connectivity index (χ3n) is 3.39. The number of rotatable bonds is 5. The average Bonchev–Trinajstić information content (AvgIpc) is 2.78. The molecule has 2 unspecified atom stereocenters. The molecule has 2 atom stereocenters. The standard InChI is InChI=1S/C14H23NOS/c1-3-8-15-13(12-6-4-5-9-16-12)14-11(2)7-10-17-14/h7,10,12-13,15H,3-6,8-9H2,1-2H3. The van der Waals surface area contributed by atoms with Crippen LogP contribution in [0, 0.1) is 6.92 Å². The molecule has 1 aliphatic rings. The van der Waals surface area contributed by atoms with Crippen molar-refractivity contribution in [1.29, 1.82) is 0 Å². The molecule has 0 aromatic carbocycles. The Morgan fingerprint density at radius 1 is 1.53 bits per heavy atom. The summed E-state index contributed by atoms with van der Waals surface area (Å²) in [7, 11) is 0. The summed E-state index contributed by atoms with van der Waals surface area (Å²) in [5.41, 5.74) is 1.40. The van der Waals surface area contributed by atoms with Gasteiger partial charge in [0.05, 0.1) is 12.1 Å². The lowest BCUT2D eigenvalue weighted by atomic mass is 9.99. The van der Waals surface area contributed by atoms with Gasteiger partial charge in [0.1, 0.15) is 0 Å². The molecule has 0 saturated carbocycles. The van der Waals surface area contributed by atoms with Crippen molar-refractivity contribution in [3.05, 3.63) is 21.9 Å². The van der Waals surface area contributed by atoms with E-state index < -0.39 is 0 Å². The zero-order valence-corrected chi connectivity index (χ0v) is 11.7. The highest BCUT2D eigenvalue weighted by molar-refractivity contribution is 7.10. The number of hydrogen-bond acceptors (Lipinski definition) is 3. The molecule has 3 heteroatoms. The van der Waals surface area contributed by atoms with E-state index in [1.54, 1.807) is 0 Å². The smallest absolute Gasteiger partial charge is 0.0777 e. The highest BCUT2D eigenvalue weighted by Crippen LogP contribution is 2.31. The Balaban J connectivity index is 2.09. The Bertz CT molecular complexity index is 331. The number of hydrogen-bond donors (Lipinski definition) is 1. The molecule has 0 radical (unpaired) electrons. The summed E-state index contributed by atoms with van der Waals surface area (Å²) in [5.74, 6) is 0.